The molecular weight excluding hydrogens is 314 g/mol. The lowest BCUT2D eigenvalue weighted by Crippen LogP contribution is -2.43. The Kier molecular flexibility index (Phi) is 5.25. The van der Waals surface area contributed by atoms with Crippen molar-refractivity contribution in [3.8, 4) is 5.82 Å². The van der Waals surface area contributed by atoms with E-state index in [-0.39, 0.29) is 5.56 Å². The standard InChI is InChI=1S/C15H17N5O4/c1-9-11(8-18-20(9)12-6-4-5-7-17-12)14(22)24-10(2)13(21)19-15(23)16-3/h4-8,10H,1-3H3,(H2,16,19,21,23). The number of hydrogen-bond acceptors (Lipinski definition) is 6. The van der Waals surface area contributed by atoms with Crippen molar-refractivity contribution < 1.29 is 19.1 Å². The summed E-state index contributed by atoms with van der Waals surface area (Å²) in [4.78, 5) is 39.2. The van der Waals surface area contributed by atoms with Crippen molar-refractivity contribution in [3.63, 3.8) is 0 Å². The highest BCUT2D eigenvalue weighted by molar-refractivity contribution is 5.98. The Bertz CT molecular complexity index is 756. The van der Waals surface area contributed by atoms with Gasteiger partial charge in [0.2, 0.25) is 0 Å². The van der Waals surface area contributed by atoms with Gasteiger partial charge in [-0.15, -0.1) is 0 Å². The molecule has 0 radical (unpaired) electrons. The van der Waals surface area contributed by atoms with Gasteiger partial charge in [0.15, 0.2) is 11.9 Å². The fourth-order valence-corrected chi connectivity index (χ4v) is 1.87. The maximum Gasteiger partial charge on any atom is 0.342 e. The number of pyridine rings is 1. The van der Waals surface area contributed by atoms with Crippen LogP contribution in [0.5, 0.6) is 0 Å². The Morgan fingerprint density at radius 1 is 1.29 bits per heavy atom. The minimum Gasteiger partial charge on any atom is -0.449 e. The summed E-state index contributed by atoms with van der Waals surface area (Å²) in [6, 6.07) is 4.63. The first-order valence-electron chi connectivity index (χ1n) is 7.13. The number of rotatable bonds is 4. The van der Waals surface area contributed by atoms with Crippen molar-refractivity contribution in [1.82, 2.24) is 25.4 Å². The van der Waals surface area contributed by atoms with E-state index in [1.54, 1.807) is 31.3 Å². The maximum atomic E-state index is 12.2. The van der Waals surface area contributed by atoms with Crippen LogP contribution in [0.2, 0.25) is 0 Å². The average molecular weight is 331 g/mol. The molecule has 126 valence electrons. The van der Waals surface area contributed by atoms with Crippen molar-refractivity contribution in [2.75, 3.05) is 7.05 Å². The number of urea groups is 1. The monoisotopic (exact) mass is 331 g/mol. The third-order valence-corrected chi connectivity index (χ3v) is 3.21. The number of carbonyl (C=O) groups is 3. The smallest absolute Gasteiger partial charge is 0.342 e. The van der Waals surface area contributed by atoms with Crippen LogP contribution < -0.4 is 10.6 Å². The molecule has 2 heterocycles. The fraction of sp³-hybridized carbons (Fsp3) is 0.267. The first kappa shape index (κ1) is 17.1. The van der Waals surface area contributed by atoms with Crippen LogP contribution in [-0.4, -0.2) is 45.8 Å². The van der Waals surface area contributed by atoms with Crippen molar-refractivity contribution in [3.05, 3.63) is 41.9 Å². The molecule has 2 aromatic rings. The van der Waals surface area contributed by atoms with Crippen LogP contribution in [0.1, 0.15) is 23.0 Å². The number of nitrogens with zero attached hydrogens (tertiary/aromatic N) is 3. The highest BCUT2D eigenvalue weighted by Crippen LogP contribution is 2.14. The Balaban J connectivity index is 2.10. The van der Waals surface area contributed by atoms with Crippen LogP contribution in [-0.2, 0) is 9.53 Å². The number of amides is 3. The number of ether oxygens (including phenoxy) is 1. The van der Waals surface area contributed by atoms with Crippen LogP contribution in [0, 0.1) is 6.92 Å². The summed E-state index contributed by atoms with van der Waals surface area (Å²) in [5.74, 6) is -0.883. The Hall–Kier alpha value is -3.23. The molecule has 2 aromatic heterocycles. The van der Waals surface area contributed by atoms with E-state index in [9.17, 15) is 14.4 Å². The Labute approximate surface area is 138 Å². The summed E-state index contributed by atoms with van der Waals surface area (Å²) in [6.07, 6.45) is 1.82. The zero-order valence-electron chi connectivity index (χ0n) is 13.4. The molecule has 0 spiro atoms. The second-order valence-electron chi connectivity index (χ2n) is 4.86. The van der Waals surface area contributed by atoms with Crippen molar-refractivity contribution in [2.24, 2.45) is 0 Å². The van der Waals surface area contributed by atoms with Gasteiger partial charge in [-0.2, -0.15) is 5.10 Å². The second-order valence-corrected chi connectivity index (χ2v) is 4.86. The molecular formula is C15H17N5O4. The summed E-state index contributed by atoms with van der Waals surface area (Å²) in [5, 5.41) is 8.38. The van der Waals surface area contributed by atoms with E-state index >= 15 is 0 Å². The van der Waals surface area contributed by atoms with Crippen molar-refractivity contribution in [1.29, 1.82) is 0 Å². The Morgan fingerprint density at radius 2 is 2.04 bits per heavy atom. The highest BCUT2D eigenvalue weighted by atomic mass is 16.5. The van der Waals surface area contributed by atoms with Gasteiger partial charge in [-0.3, -0.25) is 10.1 Å². The van der Waals surface area contributed by atoms with Crippen molar-refractivity contribution >= 4 is 17.9 Å². The lowest BCUT2D eigenvalue weighted by atomic mass is 10.2. The molecule has 0 aliphatic heterocycles. The summed E-state index contributed by atoms with van der Waals surface area (Å²) in [7, 11) is 1.37. The minimum atomic E-state index is -1.13. The fourth-order valence-electron chi connectivity index (χ4n) is 1.87. The van der Waals surface area contributed by atoms with Gasteiger partial charge < -0.3 is 10.1 Å². The van der Waals surface area contributed by atoms with Gasteiger partial charge in [-0.05, 0) is 26.0 Å². The molecule has 2 N–H and O–H groups in total. The number of esters is 1. The van der Waals surface area contributed by atoms with E-state index in [0.29, 0.717) is 11.5 Å². The lowest BCUT2D eigenvalue weighted by molar-refractivity contribution is -0.127. The first-order valence-corrected chi connectivity index (χ1v) is 7.13. The summed E-state index contributed by atoms with van der Waals surface area (Å²) in [6.45, 7) is 3.06. The number of imide groups is 1. The van der Waals surface area contributed by atoms with Crippen LogP contribution in [0.3, 0.4) is 0 Å². The van der Waals surface area contributed by atoms with Crippen LogP contribution in [0.4, 0.5) is 4.79 Å². The molecule has 0 bridgehead atoms. The molecule has 2 rings (SSSR count). The predicted molar refractivity (Wildman–Crippen MR) is 83.6 cm³/mol. The quantitative estimate of drug-likeness (QED) is 0.792. The van der Waals surface area contributed by atoms with Gasteiger partial charge in [0.1, 0.15) is 5.56 Å². The molecule has 1 atom stereocenters. The zero-order chi connectivity index (χ0) is 17.7. The maximum absolute atomic E-state index is 12.2. The third-order valence-electron chi connectivity index (χ3n) is 3.21. The SMILES string of the molecule is CNC(=O)NC(=O)C(C)OC(=O)c1cnn(-c2ccccn2)c1C. The molecule has 9 heteroatoms. The molecule has 0 fully saturated rings. The predicted octanol–water partition coefficient (Wildman–Crippen LogP) is 0.577. The molecule has 0 aromatic carbocycles. The van der Waals surface area contributed by atoms with E-state index in [2.05, 4.69) is 15.4 Å². The van der Waals surface area contributed by atoms with Gasteiger partial charge in [-0.1, -0.05) is 6.07 Å². The molecule has 0 saturated carbocycles. The van der Waals surface area contributed by atoms with Gasteiger partial charge in [0.05, 0.1) is 11.9 Å². The third kappa shape index (κ3) is 3.75. The minimum absolute atomic E-state index is 0.209. The molecule has 1 unspecified atom stereocenters. The average Bonchev–Trinajstić information content (AvgIpc) is 2.96. The molecule has 0 aliphatic rings. The number of hydrogen-bond donors (Lipinski definition) is 2. The van der Waals surface area contributed by atoms with Crippen molar-refractivity contribution in [2.45, 2.75) is 20.0 Å². The topological polar surface area (TPSA) is 115 Å². The summed E-state index contributed by atoms with van der Waals surface area (Å²) < 4.78 is 6.56. The van der Waals surface area contributed by atoms with Gasteiger partial charge in [0, 0.05) is 13.2 Å². The Morgan fingerprint density at radius 3 is 2.67 bits per heavy atom. The summed E-state index contributed by atoms with van der Waals surface area (Å²) in [5.41, 5.74) is 0.734. The number of nitrogens with one attached hydrogen (secondary N) is 2. The number of aromatic nitrogens is 3. The van der Waals surface area contributed by atoms with Crippen LogP contribution >= 0.6 is 0 Å². The molecule has 0 aliphatic carbocycles. The van der Waals surface area contributed by atoms with Gasteiger partial charge in [0.25, 0.3) is 5.91 Å². The second kappa shape index (κ2) is 7.36. The highest BCUT2D eigenvalue weighted by Gasteiger charge is 2.23. The van der Waals surface area contributed by atoms with Crippen LogP contribution in [0.25, 0.3) is 5.82 Å². The van der Waals surface area contributed by atoms with Gasteiger partial charge in [-0.25, -0.2) is 19.3 Å². The molecule has 3 amide bonds. The van der Waals surface area contributed by atoms with E-state index in [1.165, 1.54) is 24.9 Å². The zero-order valence-corrected chi connectivity index (χ0v) is 13.4. The van der Waals surface area contributed by atoms with E-state index in [1.807, 2.05) is 5.32 Å². The van der Waals surface area contributed by atoms with E-state index < -0.39 is 24.0 Å². The van der Waals surface area contributed by atoms with Gasteiger partial charge >= 0.3 is 12.0 Å². The number of carbonyl (C=O) groups excluding carboxylic acids is 3. The normalized spacial score (nSPS) is 11.5. The largest absolute Gasteiger partial charge is 0.449 e. The molecule has 9 nitrogen and oxygen atoms in total. The lowest BCUT2D eigenvalue weighted by Gasteiger charge is -2.12. The first-order chi connectivity index (χ1) is 11.4. The molecule has 0 saturated heterocycles. The molecule has 24 heavy (non-hydrogen) atoms. The summed E-state index contributed by atoms with van der Waals surface area (Å²) >= 11 is 0. The van der Waals surface area contributed by atoms with E-state index in [0.717, 1.165) is 0 Å². The van der Waals surface area contributed by atoms with E-state index in [4.69, 9.17) is 4.74 Å². The van der Waals surface area contributed by atoms with Crippen LogP contribution in [0.15, 0.2) is 30.6 Å².